The molecule has 0 aliphatic heterocycles. The van der Waals surface area contributed by atoms with Crippen molar-refractivity contribution in [3.63, 3.8) is 0 Å². The van der Waals surface area contributed by atoms with Gasteiger partial charge in [-0.1, -0.05) is 26.7 Å². The molecule has 4 heteroatoms. The van der Waals surface area contributed by atoms with Crippen LogP contribution in [0.1, 0.15) is 39.5 Å². The van der Waals surface area contributed by atoms with Crippen molar-refractivity contribution in [2.45, 2.75) is 39.5 Å². The third kappa shape index (κ3) is 17.3. The fourth-order valence-corrected chi connectivity index (χ4v) is 1.03. The molecule has 0 aliphatic rings. The standard InChI is InChI=1S/C12H26O3.Na.H/c1-3-5-7-13-9-11-15-12-10-14-8-6-4-2;;/h3-12H2,1-2H3;;. The minimum absolute atomic E-state index is 0. The van der Waals surface area contributed by atoms with Crippen molar-refractivity contribution in [3.8, 4) is 0 Å². The quantitative estimate of drug-likeness (QED) is 0.387. The summed E-state index contributed by atoms with van der Waals surface area (Å²) in [5.74, 6) is 0. The molecule has 0 aromatic heterocycles. The summed E-state index contributed by atoms with van der Waals surface area (Å²) in [6, 6.07) is 0. The summed E-state index contributed by atoms with van der Waals surface area (Å²) in [4.78, 5) is 0. The summed E-state index contributed by atoms with van der Waals surface area (Å²) >= 11 is 0. The second-order valence-corrected chi connectivity index (χ2v) is 3.54. The van der Waals surface area contributed by atoms with E-state index in [9.17, 15) is 0 Å². The van der Waals surface area contributed by atoms with Gasteiger partial charge in [-0.2, -0.15) is 0 Å². The summed E-state index contributed by atoms with van der Waals surface area (Å²) < 4.78 is 16.1. The Morgan fingerprint density at radius 3 is 1.19 bits per heavy atom. The van der Waals surface area contributed by atoms with E-state index in [0.29, 0.717) is 26.4 Å². The Labute approximate surface area is 123 Å². The predicted octanol–water partition coefficient (Wildman–Crippen LogP) is 1.99. The first-order valence-electron chi connectivity index (χ1n) is 6.15. The summed E-state index contributed by atoms with van der Waals surface area (Å²) in [7, 11) is 0. The molecule has 0 aliphatic carbocycles. The second kappa shape index (κ2) is 18.3. The van der Waals surface area contributed by atoms with Crippen molar-refractivity contribution in [1.82, 2.24) is 0 Å². The van der Waals surface area contributed by atoms with Gasteiger partial charge in [0, 0.05) is 13.2 Å². The summed E-state index contributed by atoms with van der Waals surface area (Å²) in [5, 5.41) is 0. The maximum atomic E-state index is 5.35. The Hall–Kier alpha value is 0.880. The monoisotopic (exact) mass is 242 g/mol. The molecule has 0 N–H and O–H groups in total. The SMILES string of the molecule is CCCCOCCOCCOCCCC.[NaH]. The number of unbranched alkanes of at least 4 members (excludes halogenated alkanes) is 2. The normalized spacial score (nSPS) is 10.1. The molecule has 0 aromatic rings. The Morgan fingerprint density at radius 1 is 0.562 bits per heavy atom. The van der Waals surface area contributed by atoms with Crippen molar-refractivity contribution in [2.75, 3.05) is 39.6 Å². The average Bonchev–Trinajstić information content (AvgIpc) is 2.26. The van der Waals surface area contributed by atoms with E-state index in [1.165, 1.54) is 12.8 Å². The van der Waals surface area contributed by atoms with Gasteiger partial charge in [0.2, 0.25) is 0 Å². The van der Waals surface area contributed by atoms with Crippen molar-refractivity contribution >= 4 is 29.6 Å². The van der Waals surface area contributed by atoms with Crippen LogP contribution in [-0.2, 0) is 14.2 Å². The van der Waals surface area contributed by atoms with Crippen molar-refractivity contribution < 1.29 is 14.2 Å². The van der Waals surface area contributed by atoms with Crippen LogP contribution in [0.5, 0.6) is 0 Å². The number of rotatable bonds is 12. The zero-order chi connectivity index (χ0) is 11.2. The zero-order valence-corrected chi connectivity index (χ0v) is 10.3. The molecule has 0 atom stereocenters. The van der Waals surface area contributed by atoms with Crippen LogP contribution >= 0.6 is 0 Å². The average molecular weight is 242 g/mol. The van der Waals surface area contributed by atoms with E-state index in [-0.39, 0.29) is 29.6 Å². The van der Waals surface area contributed by atoms with Crippen LogP contribution in [0.3, 0.4) is 0 Å². The van der Waals surface area contributed by atoms with Crippen molar-refractivity contribution in [1.29, 1.82) is 0 Å². The van der Waals surface area contributed by atoms with E-state index in [0.717, 1.165) is 26.1 Å². The van der Waals surface area contributed by atoms with Crippen LogP contribution in [0.15, 0.2) is 0 Å². The van der Waals surface area contributed by atoms with E-state index in [4.69, 9.17) is 14.2 Å². The van der Waals surface area contributed by atoms with Gasteiger partial charge in [-0.15, -0.1) is 0 Å². The van der Waals surface area contributed by atoms with Gasteiger partial charge in [0.1, 0.15) is 0 Å². The molecule has 0 saturated carbocycles. The molecule has 0 bridgehead atoms. The molecule has 0 rings (SSSR count). The van der Waals surface area contributed by atoms with Gasteiger partial charge >= 0.3 is 29.6 Å². The van der Waals surface area contributed by atoms with E-state index in [2.05, 4.69) is 13.8 Å². The first kappa shape index (κ1) is 19.2. The van der Waals surface area contributed by atoms with Crippen LogP contribution in [0.25, 0.3) is 0 Å². The molecular weight excluding hydrogens is 215 g/mol. The summed E-state index contributed by atoms with van der Waals surface area (Å²) in [6.07, 6.45) is 4.65. The number of hydrogen-bond acceptors (Lipinski definition) is 3. The third-order valence-electron chi connectivity index (χ3n) is 2.03. The zero-order valence-electron chi connectivity index (χ0n) is 10.3. The van der Waals surface area contributed by atoms with Crippen LogP contribution in [-0.4, -0.2) is 69.2 Å². The van der Waals surface area contributed by atoms with Gasteiger partial charge in [-0.3, -0.25) is 0 Å². The molecule has 0 aromatic carbocycles. The molecule has 0 radical (unpaired) electrons. The Kier molecular flexibility index (Phi) is 21.9. The first-order chi connectivity index (χ1) is 7.41. The molecule has 0 unspecified atom stereocenters. The number of ether oxygens (including phenoxy) is 3. The van der Waals surface area contributed by atoms with Crippen molar-refractivity contribution in [2.24, 2.45) is 0 Å². The molecule has 0 fully saturated rings. The predicted molar refractivity (Wildman–Crippen MR) is 69.4 cm³/mol. The van der Waals surface area contributed by atoms with Crippen LogP contribution in [0, 0.1) is 0 Å². The molecule has 3 nitrogen and oxygen atoms in total. The van der Waals surface area contributed by atoms with E-state index < -0.39 is 0 Å². The molecule has 0 saturated heterocycles. The summed E-state index contributed by atoms with van der Waals surface area (Å²) in [6.45, 7) is 8.80. The molecule has 94 valence electrons. The van der Waals surface area contributed by atoms with Crippen LogP contribution in [0.2, 0.25) is 0 Å². The molecule has 0 spiro atoms. The van der Waals surface area contributed by atoms with Crippen LogP contribution < -0.4 is 0 Å². The minimum atomic E-state index is 0. The third-order valence-corrected chi connectivity index (χ3v) is 2.03. The van der Waals surface area contributed by atoms with E-state index in [1.807, 2.05) is 0 Å². The molecule has 0 heterocycles. The van der Waals surface area contributed by atoms with Crippen LogP contribution in [0.4, 0.5) is 0 Å². The van der Waals surface area contributed by atoms with Gasteiger partial charge in [-0.25, -0.2) is 0 Å². The van der Waals surface area contributed by atoms with Crippen molar-refractivity contribution in [3.05, 3.63) is 0 Å². The maximum absolute atomic E-state index is 5.35. The molecule has 16 heavy (non-hydrogen) atoms. The van der Waals surface area contributed by atoms with E-state index >= 15 is 0 Å². The first-order valence-corrected chi connectivity index (χ1v) is 6.15. The van der Waals surface area contributed by atoms with Gasteiger partial charge < -0.3 is 14.2 Å². The fourth-order valence-electron chi connectivity index (χ4n) is 1.03. The fraction of sp³-hybridized carbons (Fsp3) is 1.00. The Balaban J connectivity index is 0. The molecule has 0 amide bonds. The second-order valence-electron chi connectivity index (χ2n) is 3.54. The van der Waals surface area contributed by atoms with E-state index in [1.54, 1.807) is 0 Å². The Bertz CT molecular complexity index is 100. The number of hydrogen-bond donors (Lipinski definition) is 0. The Morgan fingerprint density at radius 2 is 0.875 bits per heavy atom. The topological polar surface area (TPSA) is 27.7 Å². The van der Waals surface area contributed by atoms with Gasteiger partial charge in [0.25, 0.3) is 0 Å². The van der Waals surface area contributed by atoms with Gasteiger partial charge in [0.15, 0.2) is 0 Å². The van der Waals surface area contributed by atoms with Gasteiger partial charge in [0.05, 0.1) is 26.4 Å². The van der Waals surface area contributed by atoms with Gasteiger partial charge in [-0.05, 0) is 12.8 Å². The summed E-state index contributed by atoms with van der Waals surface area (Å²) in [5.41, 5.74) is 0. The molecular formula is C12H27NaO3.